The Kier molecular flexibility index (Phi) is 3.82. The largest absolute Gasteiger partial charge is 0.370 e. The molecule has 1 N–H and O–H groups in total. The fraction of sp³-hybridized carbons (Fsp3) is 0.692. The number of aryl methyl sites for hydroxylation is 1. The van der Waals surface area contributed by atoms with Crippen LogP contribution < -0.4 is 10.2 Å². The van der Waals surface area contributed by atoms with E-state index in [0.29, 0.717) is 0 Å². The predicted molar refractivity (Wildman–Crippen MR) is 71.8 cm³/mol. The van der Waals surface area contributed by atoms with E-state index in [0.717, 1.165) is 43.5 Å². The first-order valence-electron chi connectivity index (χ1n) is 6.62. The molecule has 2 heterocycles. The van der Waals surface area contributed by atoms with E-state index >= 15 is 0 Å². The van der Waals surface area contributed by atoms with Gasteiger partial charge in [-0.2, -0.15) is 4.98 Å². The summed E-state index contributed by atoms with van der Waals surface area (Å²) in [5, 5.41) is 3.35. The van der Waals surface area contributed by atoms with Gasteiger partial charge in [0, 0.05) is 30.9 Å². The van der Waals surface area contributed by atoms with Crippen molar-refractivity contribution in [2.75, 3.05) is 29.9 Å². The van der Waals surface area contributed by atoms with E-state index in [9.17, 15) is 0 Å². The minimum absolute atomic E-state index is 0.896. The Bertz CT molecular complexity index is 383. The van der Waals surface area contributed by atoms with Crippen LogP contribution in [-0.4, -0.2) is 29.6 Å². The fourth-order valence-electron chi connectivity index (χ4n) is 2.38. The van der Waals surface area contributed by atoms with Crippen LogP contribution in [0, 0.1) is 6.92 Å². The molecule has 4 nitrogen and oxygen atoms in total. The van der Waals surface area contributed by atoms with E-state index in [1.54, 1.807) is 0 Å². The van der Waals surface area contributed by atoms with Crippen LogP contribution in [-0.2, 0) is 6.42 Å². The number of anilines is 2. The van der Waals surface area contributed by atoms with E-state index in [4.69, 9.17) is 0 Å². The zero-order valence-corrected chi connectivity index (χ0v) is 11.1. The number of hydrogen-bond donors (Lipinski definition) is 1. The van der Waals surface area contributed by atoms with E-state index < -0.39 is 0 Å². The number of nitrogens with one attached hydrogen (secondary N) is 1. The molecule has 1 aromatic heterocycles. The average molecular weight is 234 g/mol. The van der Waals surface area contributed by atoms with Gasteiger partial charge in [0.05, 0.1) is 0 Å². The lowest BCUT2D eigenvalue weighted by Gasteiger charge is -2.19. The number of aromatic nitrogens is 2. The second kappa shape index (κ2) is 5.34. The molecular weight excluding hydrogens is 212 g/mol. The molecule has 1 saturated heterocycles. The Labute approximate surface area is 103 Å². The van der Waals surface area contributed by atoms with Crippen molar-refractivity contribution in [3.63, 3.8) is 0 Å². The van der Waals surface area contributed by atoms with Crippen LogP contribution in [0.4, 0.5) is 11.8 Å². The van der Waals surface area contributed by atoms with Gasteiger partial charge in [0.1, 0.15) is 5.82 Å². The van der Waals surface area contributed by atoms with Crippen molar-refractivity contribution in [3.05, 3.63) is 11.3 Å². The summed E-state index contributed by atoms with van der Waals surface area (Å²) in [6, 6.07) is 0. The maximum atomic E-state index is 4.68. The molecule has 4 heteroatoms. The first kappa shape index (κ1) is 12.1. The minimum Gasteiger partial charge on any atom is -0.370 e. The zero-order valence-electron chi connectivity index (χ0n) is 11.1. The van der Waals surface area contributed by atoms with E-state index in [2.05, 4.69) is 41.0 Å². The molecule has 1 fully saturated rings. The molecule has 1 aliphatic heterocycles. The van der Waals surface area contributed by atoms with Crippen LogP contribution in [0.2, 0.25) is 0 Å². The second-order valence-electron chi connectivity index (χ2n) is 4.51. The molecule has 0 radical (unpaired) electrons. The van der Waals surface area contributed by atoms with Gasteiger partial charge in [0.2, 0.25) is 5.95 Å². The number of rotatable bonds is 4. The van der Waals surface area contributed by atoms with Crippen LogP contribution in [0.3, 0.4) is 0 Å². The molecule has 0 saturated carbocycles. The third kappa shape index (κ3) is 2.51. The summed E-state index contributed by atoms with van der Waals surface area (Å²) in [5.41, 5.74) is 2.36. The first-order chi connectivity index (χ1) is 8.26. The molecule has 0 bridgehead atoms. The van der Waals surface area contributed by atoms with Gasteiger partial charge in [0.25, 0.3) is 0 Å². The molecule has 1 aromatic rings. The maximum Gasteiger partial charge on any atom is 0.227 e. The van der Waals surface area contributed by atoms with E-state index in [1.165, 1.54) is 18.4 Å². The quantitative estimate of drug-likeness (QED) is 0.868. The summed E-state index contributed by atoms with van der Waals surface area (Å²) in [7, 11) is 0. The standard InChI is InChI=1S/C13H22N4/c1-4-11-10(3)15-13(16-12(11)14-5-2)17-8-6-7-9-17/h4-9H2,1-3H3,(H,14,15,16). The summed E-state index contributed by atoms with van der Waals surface area (Å²) in [6.45, 7) is 9.44. The third-order valence-corrected chi connectivity index (χ3v) is 3.29. The molecular formula is C13H22N4. The summed E-state index contributed by atoms with van der Waals surface area (Å²) >= 11 is 0. The zero-order chi connectivity index (χ0) is 12.3. The highest BCUT2D eigenvalue weighted by atomic mass is 15.3. The lowest BCUT2D eigenvalue weighted by atomic mass is 10.1. The Balaban J connectivity index is 2.34. The fourth-order valence-corrected chi connectivity index (χ4v) is 2.38. The van der Waals surface area contributed by atoms with Crippen molar-refractivity contribution in [3.8, 4) is 0 Å². The molecule has 17 heavy (non-hydrogen) atoms. The summed E-state index contributed by atoms with van der Waals surface area (Å²) in [5.74, 6) is 1.91. The molecule has 94 valence electrons. The van der Waals surface area contributed by atoms with Crippen molar-refractivity contribution in [1.82, 2.24) is 9.97 Å². The van der Waals surface area contributed by atoms with Gasteiger partial charge >= 0.3 is 0 Å². The number of nitrogens with zero attached hydrogens (tertiary/aromatic N) is 3. The summed E-state index contributed by atoms with van der Waals surface area (Å²) < 4.78 is 0. The average Bonchev–Trinajstić information content (AvgIpc) is 2.82. The predicted octanol–water partition coefficient (Wildman–Crippen LogP) is 2.38. The van der Waals surface area contributed by atoms with Gasteiger partial charge in [-0.3, -0.25) is 0 Å². The summed E-state index contributed by atoms with van der Waals surface area (Å²) in [4.78, 5) is 11.6. The van der Waals surface area contributed by atoms with Gasteiger partial charge in [0.15, 0.2) is 0 Å². The first-order valence-corrected chi connectivity index (χ1v) is 6.62. The molecule has 0 amide bonds. The SMILES string of the molecule is CCNc1nc(N2CCCC2)nc(C)c1CC. The van der Waals surface area contributed by atoms with Gasteiger partial charge in [-0.1, -0.05) is 6.92 Å². The highest BCUT2D eigenvalue weighted by molar-refractivity contribution is 5.51. The van der Waals surface area contributed by atoms with Crippen LogP contribution in [0.15, 0.2) is 0 Å². The van der Waals surface area contributed by atoms with E-state index in [1.807, 2.05) is 0 Å². The Hall–Kier alpha value is -1.32. The van der Waals surface area contributed by atoms with Crippen LogP contribution in [0.25, 0.3) is 0 Å². The van der Waals surface area contributed by atoms with Gasteiger partial charge < -0.3 is 10.2 Å². The highest BCUT2D eigenvalue weighted by Crippen LogP contribution is 2.23. The molecule has 0 unspecified atom stereocenters. The molecule has 0 spiro atoms. The van der Waals surface area contributed by atoms with Gasteiger partial charge in [-0.25, -0.2) is 4.98 Å². The third-order valence-electron chi connectivity index (χ3n) is 3.29. The number of hydrogen-bond acceptors (Lipinski definition) is 4. The molecule has 0 aliphatic carbocycles. The topological polar surface area (TPSA) is 41.1 Å². The second-order valence-corrected chi connectivity index (χ2v) is 4.51. The Morgan fingerprint density at radius 3 is 2.47 bits per heavy atom. The lowest BCUT2D eigenvalue weighted by Crippen LogP contribution is -2.22. The molecule has 0 atom stereocenters. The minimum atomic E-state index is 0.896. The Morgan fingerprint density at radius 2 is 1.88 bits per heavy atom. The van der Waals surface area contributed by atoms with Crippen molar-refractivity contribution < 1.29 is 0 Å². The normalized spacial score (nSPS) is 15.4. The molecule has 1 aliphatic rings. The smallest absolute Gasteiger partial charge is 0.227 e. The molecule has 2 rings (SSSR count). The van der Waals surface area contributed by atoms with Crippen LogP contribution in [0.5, 0.6) is 0 Å². The highest BCUT2D eigenvalue weighted by Gasteiger charge is 2.17. The molecule has 0 aromatic carbocycles. The Morgan fingerprint density at radius 1 is 1.18 bits per heavy atom. The van der Waals surface area contributed by atoms with Crippen molar-refractivity contribution in [2.45, 2.75) is 40.0 Å². The van der Waals surface area contributed by atoms with Crippen LogP contribution >= 0.6 is 0 Å². The van der Waals surface area contributed by atoms with Crippen LogP contribution in [0.1, 0.15) is 37.9 Å². The maximum absolute atomic E-state index is 4.68. The lowest BCUT2D eigenvalue weighted by molar-refractivity contribution is 0.873. The van der Waals surface area contributed by atoms with Crippen molar-refractivity contribution in [1.29, 1.82) is 0 Å². The van der Waals surface area contributed by atoms with Crippen molar-refractivity contribution in [2.24, 2.45) is 0 Å². The monoisotopic (exact) mass is 234 g/mol. The van der Waals surface area contributed by atoms with Gasteiger partial charge in [-0.05, 0) is 33.1 Å². The van der Waals surface area contributed by atoms with Crippen molar-refractivity contribution >= 4 is 11.8 Å². The van der Waals surface area contributed by atoms with E-state index in [-0.39, 0.29) is 0 Å². The summed E-state index contributed by atoms with van der Waals surface area (Å²) in [6.07, 6.45) is 3.50. The van der Waals surface area contributed by atoms with Gasteiger partial charge in [-0.15, -0.1) is 0 Å².